The molecule has 4 heteroatoms. The van der Waals surface area contributed by atoms with Crippen molar-refractivity contribution in [2.45, 2.75) is 6.92 Å². The smallest absolute Gasteiger partial charge is 0.185 e. The fourth-order valence-corrected chi connectivity index (χ4v) is 2.34. The third-order valence-corrected chi connectivity index (χ3v) is 3.42. The summed E-state index contributed by atoms with van der Waals surface area (Å²) in [6.07, 6.45) is 0. The first-order valence-corrected chi connectivity index (χ1v) is 6.74. The minimum absolute atomic E-state index is 0.0562. The van der Waals surface area contributed by atoms with Crippen LogP contribution in [0.2, 0.25) is 0 Å². The topological polar surface area (TPSA) is 12.9 Å². The van der Waals surface area contributed by atoms with Crippen LogP contribution >= 0.6 is 0 Å². The zero-order valence-corrected chi connectivity index (χ0v) is 11.8. The van der Waals surface area contributed by atoms with Crippen LogP contribution in [0.1, 0.15) is 5.56 Å². The number of hydrogen-bond acceptors (Lipinski definition) is 1. The first kappa shape index (κ1) is 14.3. The number of benzene rings is 2. The Morgan fingerprint density at radius 2 is 1.59 bits per heavy atom. The predicted octanol–water partition coefficient (Wildman–Crippen LogP) is 5.14. The van der Waals surface area contributed by atoms with E-state index in [-0.39, 0.29) is 17.2 Å². The van der Waals surface area contributed by atoms with Crippen molar-refractivity contribution in [2.75, 3.05) is 0 Å². The summed E-state index contributed by atoms with van der Waals surface area (Å²) >= 11 is 0. The van der Waals surface area contributed by atoms with E-state index >= 15 is 0 Å². The van der Waals surface area contributed by atoms with Crippen molar-refractivity contribution < 1.29 is 13.2 Å². The molecule has 0 N–H and O–H groups in total. The zero-order chi connectivity index (χ0) is 15.7. The van der Waals surface area contributed by atoms with Crippen LogP contribution in [0.5, 0.6) is 0 Å². The Kier molecular flexibility index (Phi) is 3.67. The predicted molar refractivity (Wildman–Crippen MR) is 79.7 cm³/mol. The van der Waals surface area contributed by atoms with Gasteiger partial charge in [-0.25, -0.2) is 18.2 Å². The minimum atomic E-state index is -0.991. The van der Waals surface area contributed by atoms with Crippen LogP contribution in [-0.2, 0) is 0 Å². The van der Waals surface area contributed by atoms with E-state index in [0.29, 0.717) is 16.7 Å². The highest BCUT2D eigenvalue weighted by molar-refractivity contribution is 5.68. The largest absolute Gasteiger partial charge is 0.244 e. The van der Waals surface area contributed by atoms with Crippen molar-refractivity contribution in [3.05, 3.63) is 77.6 Å². The molecule has 0 atom stereocenters. The highest BCUT2D eigenvalue weighted by Gasteiger charge is 2.16. The molecular formula is C18H12F3N. The molecule has 0 radical (unpaired) electrons. The summed E-state index contributed by atoms with van der Waals surface area (Å²) < 4.78 is 41.2. The van der Waals surface area contributed by atoms with Crippen LogP contribution in [0.25, 0.3) is 22.5 Å². The molecule has 0 saturated heterocycles. The lowest BCUT2D eigenvalue weighted by Crippen LogP contribution is -1.98. The molecule has 3 aromatic rings. The van der Waals surface area contributed by atoms with Crippen molar-refractivity contribution in [3.8, 4) is 22.5 Å². The van der Waals surface area contributed by atoms with Gasteiger partial charge in [0.2, 0.25) is 0 Å². The molecule has 2 aromatic carbocycles. The normalized spacial score (nSPS) is 10.7. The van der Waals surface area contributed by atoms with Crippen molar-refractivity contribution >= 4 is 0 Å². The fraction of sp³-hybridized carbons (Fsp3) is 0.0556. The molecule has 22 heavy (non-hydrogen) atoms. The summed E-state index contributed by atoms with van der Waals surface area (Å²) in [6, 6.07) is 13.7. The number of pyridine rings is 1. The van der Waals surface area contributed by atoms with E-state index in [4.69, 9.17) is 0 Å². The summed E-state index contributed by atoms with van der Waals surface area (Å²) in [7, 11) is 0. The van der Waals surface area contributed by atoms with Crippen molar-refractivity contribution in [3.63, 3.8) is 0 Å². The molecule has 1 aromatic heterocycles. The number of hydrogen-bond donors (Lipinski definition) is 0. The molecule has 0 bridgehead atoms. The Labute approximate surface area is 126 Å². The summed E-state index contributed by atoms with van der Waals surface area (Å²) in [5, 5.41) is 0. The van der Waals surface area contributed by atoms with E-state index in [1.54, 1.807) is 37.3 Å². The lowest BCUT2D eigenvalue weighted by Gasteiger charge is -2.10. The third kappa shape index (κ3) is 2.60. The van der Waals surface area contributed by atoms with Crippen LogP contribution in [0, 0.1) is 24.4 Å². The highest BCUT2D eigenvalue weighted by atomic mass is 19.2. The average Bonchev–Trinajstić information content (AvgIpc) is 2.51. The Balaban J connectivity index is 2.20. The van der Waals surface area contributed by atoms with E-state index in [1.807, 2.05) is 0 Å². The van der Waals surface area contributed by atoms with Crippen molar-refractivity contribution in [2.24, 2.45) is 0 Å². The van der Waals surface area contributed by atoms with Gasteiger partial charge in [-0.05, 0) is 30.7 Å². The number of aromatic nitrogens is 1. The lowest BCUT2D eigenvalue weighted by molar-refractivity contribution is 0.507. The molecule has 0 aliphatic rings. The molecule has 0 spiro atoms. The van der Waals surface area contributed by atoms with Gasteiger partial charge in [-0.1, -0.05) is 30.3 Å². The maximum Gasteiger partial charge on any atom is 0.185 e. The SMILES string of the molecule is Cc1cc(F)ccc1-c1cc(F)c(F)c(-c2ccccc2)n1. The number of aryl methyl sites for hydroxylation is 1. The second-order valence-corrected chi connectivity index (χ2v) is 4.98. The molecular weight excluding hydrogens is 287 g/mol. The Morgan fingerprint density at radius 3 is 2.27 bits per heavy atom. The third-order valence-electron chi connectivity index (χ3n) is 3.42. The molecule has 1 nitrogen and oxygen atoms in total. The van der Waals surface area contributed by atoms with E-state index in [0.717, 1.165) is 6.07 Å². The van der Waals surface area contributed by atoms with Crippen LogP contribution < -0.4 is 0 Å². The van der Waals surface area contributed by atoms with Gasteiger partial charge < -0.3 is 0 Å². The molecule has 0 unspecified atom stereocenters. The minimum Gasteiger partial charge on any atom is -0.244 e. The van der Waals surface area contributed by atoms with Gasteiger partial charge in [-0.15, -0.1) is 0 Å². The lowest BCUT2D eigenvalue weighted by atomic mass is 10.0. The van der Waals surface area contributed by atoms with E-state index in [1.165, 1.54) is 18.2 Å². The van der Waals surface area contributed by atoms with Crippen molar-refractivity contribution in [1.29, 1.82) is 0 Å². The van der Waals surface area contributed by atoms with Gasteiger partial charge in [-0.2, -0.15) is 0 Å². The van der Waals surface area contributed by atoms with Gasteiger partial charge in [0.15, 0.2) is 11.6 Å². The second kappa shape index (κ2) is 5.64. The van der Waals surface area contributed by atoms with E-state index in [9.17, 15) is 13.2 Å². The van der Waals surface area contributed by atoms with Crippen LogP contribution in [-0.4, -0.2) is 4.98 Å². The molecule has 0 aliphatic carbocycles. The van der Waals surface area contributed by atoms with Crippen LogP contribution in [0.4, 0.5) is 13.2 Å². The molecule has 0 fully saturated rings. The molecule has 0 aliphatic heterocycles. The Hall–Kier alpha value is -2.62. The highest BCUT2D eigenvalue weighted by Crippen LogP contribution is 2.29. The van der Waals surface area contributed by atoms with Gasteiger partial charge in [0.1, 0.15) is 11.5 Å². The number of rotatable bonds is 2. The van der Waals surface area contributed by atoms with Crippen LogP contribution in [0.15, 0.2) is 54.6 Å². The fourth-order valence-electron chi connectivity index (χ4n) is 2.34. The monoisotopic (exact) mass is 299 g/mol. The van der Waals surface area contributed by atoms with E-state index in [2.05, 4.69) is 4.98 Å². The van der Waals surface area contributed by atoms with Gasteiger partial charge in [0.25, 0.3) is 0 Å². The molecule has 0 saturated carbocycles. The van der Waals surface area contributed by atoms with Gasteiger partial charge in [0.05, 0.1) is 5.69 Å². The van der Waals surface area contributed by atoms with Gasteiger partial charge in [0, 0.05) is 17.2 Å². The number of nitrogens with zero attached hydrogens (tertiary/aromatic N) is 1. The second-order valence-electron chi connectivity index (χ2n) is 4.98. The average molecular weight is 299 g/mol. The maximum atomic E-state index is 14.1. The first-order chi connectivity index (χ1) is 10.6. The molecule has 3 rings (SSSR count). The summed E-state index contributed by atoms with van der Waals surface area (Å²) in [5.41, 5.74) is 1.88. The quantitative estimate of drug-likeness (QED) is 0.638. The Morgan fingerprint density at radius 1 is 0.864 bits per heavy atom. The van der Waals surface area contributed by atoms with Crippen LogP contribution in [0.3, 0.4) is 0 Å². The van der Waals surface area contributed by atoms with E-state index < -0.39 is 11.6 Å². The zero-order valence-electron chi connectivity index (χ0n) is 11.8. The molecule has 0 amide bonds. The Bertz CT molecular complexity index is 829. The maximum absolute atomic E-state index is 14.1. The van der Waals surface area contributed by atoms with Crippen molar-refractivity contribution in [1.82, 2.24) is 4.98 Å². The number of halogens is 3. The summed E-state index contributed by atoms with van der Waals surface area (Å²) in [6.45, 7) is 1.70. The summed E-state index contributed by atoms with van der Waals surface area (Å²) in [4.78, 5) is 4.23. The standard InChI is InChI=1S/C18H12F3N/c1-11-9-13(19)7-8-14(11)16-10-15(20)17(21)18(22-16)12-5-3-2-4-6-12/h2-10H,1H3. The molecule has 1 heterocycles. The molecule has 110 valence electrons. The summed E-state index contributed by atoms with van der Waals surface area (Å²) in [5.74, 6) is -2.35. The van der Waals surface area contributed by atoms with Gasteiger partial charge >= 0.3 is 0 Å². The first-order valence-electron chi connectivity index (χ1n) is 6.74. The van der Waals surface area contributed by atoms with Gasteiger partial charge in [-0.3, -0.25) is 0 Å².